The van der Waals surface area contributed by atoms with Gasteiger partial charge in [0.25, 0.3) is 0 Å². The minimum atomic E-state index is -0.782. The number of nitrogens with zero attached hydrogens (tertiary/aromatic N) is 4. The molecule has 5 rings (SSSR count). The number of hydrogen-bond donors (Lipinski definition) is 1. The molecule has 244 valence electrons. The van der Waals surface area contributed by atoms with Crippen LogP contribution in [0.4, 0.5) is 8.78 Å². The smallest absolute Gasteiger partial charge is 0.321 e. The molecule has 0 aliphatic carbocycles. The molecule has 3 heterocycles. The van der Waals surface area contributed by atoms with Crippen molar-refractivity contribution in [2.24, 2.45) is 11.8 Å². The van der Waals surface area contributed by atoms with Crippen LogP contribution in [0.15, 0.2) is 54.6 Å². The molecule has 4 atom stereocenters. The Kier molecular flexibility index (Phi) is 11.3. The maximum Gasteiger partial charge on any atom is 0.321 e. The Balaban J connectivity index is 1.26. The number of aliphatic carboxylic acids is 1. The molecule has 7 nitrogen and oxygen atoms in total. The second-order valence-electron chi connectivity index (χ2n) is 12.8. The molecule has 2 aromatic carbocycles. The highest BCUT2D eigenvalue weighted by Crippen LogP contribution is 2.38. The number of rotatable bonds is 14. The molecule has 0 bridgehead atoms. The second-order valence-corrected chi connectivity index (χ2v) is 12.8. The summed E-state index contributed by atoms with van der Waals surface area (Å²) >= 11 is 0. The third-order valence-electron chi connectivity index (χ3n) is 9.85. The first-order chi connectivity index (χ1) is 21.8. The third kappa shape index (κ3) is 8.11. The van der Waals surface area contributed by atoms with Crippen molar-refractivity contribution >= 4 is 5.97 Å². The zero-order chi connectivity index (χ0) is 31.9. The van der Waals surface area contributed by atoms with Crippen LogP contribution in [-0.4, -0.2) is 82.7 Å². The average molecular weight is 623 g/mol. The minimum absolute atomic E-state index is 0.0265. The van der Waals surface area contributed by atoms with Crippen LogP contribution in [0.1, 0.15) is 74.4 Å². The van der Waals surface area contributed by atoms with E-state index in [2.05, 4.69) is 28.0 Å². The van der Waals surface area contributed by atoms with Crippen molar-refractivity contribution in [3.05, 3.63) is 82.9 Å². The largest absolute Gasteiger partial charge is 0.494 e. The van der Waals surface area contributed by atoms with Crippen molar-refractivity contribution in [2.45, 2.75) is 70.9 Å². The van der Waals surface area contributed by atoms with Crippen molar-refractivity contribution < 1.29 is 23.4 Å². The number of alkyl halides is 1. The van der Waals surface area contributed by atoms with Crippen LogP contribution in [0.2, 0.25) is 0 Å². The van der Waals surface area contributed by atoms with Gasteiger partial charge in [0.05, 0.1) is 18.8 Å². The van der Waals surface area contributed by atoms with Crippen LogP contribution in [0.25, 0.3) is 0 Å². The number of ether oxygens (including phenoxy) is 1. The van der Waals surface area contributed by atoms with E-state index in [1.54, 1.807) is 12.1 Å². The number of halogens is 2. The van der Waals surface area contributed by atoms with E-state index >= 15 is 0 Å². The van der Waals surface area contributed by atoms with Crippen LogP contribution >= 0.6 is 0 Å². The zero-order valence-corrected chi connectivity index (χ0v) is 26.9. The van der Waals surface area contributed by atoms with Gasteiger partial charge in [0, 0.05) is 43.6 Å². The first-order valence-corrected chi connectivity index (χ1v) is 16.6. The molecule has 0 unspecified atom stereocenters. The zero-order valence-electron chi connectivity index (χ0n) is 26.9. The predicted molar refractivity (Wildman–Crippen MR) is 172 cm³/mol. The first-order valence-electron chi connectivity index (χ1n) is 16.6. The monoisotopic (exact) mass is 622 g/mol. The van der Waals surface area contributed by atoms with Crippen molar-refractivity contribution in [1.82, 2.24) is 19.6 Å². The lowest BCUT2D eigenvalue weighted by atomic mass is 9.87. The highest BCUT2D eigenvalue weighted by Gasteiger charge is 2.42. The standard InChI is InChI=1S/C36H48F2N4O3/c1-4-25(3)35(36(43)44)41-23-29(33(24-41)28-7-6-8-30(38)20-28)22-40-16-13-27(14-17-40)34-21-31(39-42(34)18-15-37)19-26-9-11-32(12-10-26)45-5-2/h6-12,20-21,25,27,29,33,35H,4-5,13-19,22-24H2,1-3H3,(H,43,44)/t25-,29+,33-,35-/m1/s1. The molecule has 0 amide bonds. The van der Waals surface area contributed by atoms with Gasteiger partial charge in [-0.05, 0) is 86.1 Å². The molecule has 2 fully saturated rings. The third-order valence-corrected chi connectivity index (χ3v) is 9.85. The van der Waals surface area contributed by atoms with Gasteiger partial charge in [0.1, 0.15) is 24.3 Å². The number of benzene rings is 2. The summed E-state index contributed by atoms with van der Waals surface area (Å²) in [5, 5.41) is 14.9. The summed E-state index contributed by atoms with van der Waals surface area (Å²) in [6.07, 6.45) is 3.38. The van der Waals surface area contributed by atoms with Gasteiger partial charge in [-0.3, -0.25) is 14.4 Å². The molecule has 1 aromatic heterocycles. The average Bonchev–Trinajstić information content (AvgIpc) is 3.62. The molecule has 2 aliphatic heterocycles. The summed E-state index contributed by atoms with van der Waals surface area (Å²) < 4.78 is 35.2. The Morgan fingerprint density at radius 1 is 1.09 bits per heavy atom. The van der Waals surface area contributed by atoms with E-state index in [4.69, 9.17) is 9.84 Å². The first kappa shape index (κ1) is 33.1. The van der Waals surface area contributed by atoms with Gasteiger partial charge >= 0.3 is 5.97 Å². The molecule has 45 heavy (non-hydrogen) atoms. The van der Waals surface area contributed by atoms with Crippen LogP contribution in [0, 0.1) is 17.7 Å². The maximum absolute atomic E-state index is 14.3. The van der Waals surface area contributed by atoms with Crippen LogP contribution < -0.4 is 4.74 Å². The summed E-state index contributed by atoms with van der Waals surface area (Å²) in [5.41, 5.74) is 4.14. The summed E-state index contributed by atoms with van der Waals surface area (Å²) in [6, 6.07) is 16.5. The summed E-state index contributed by atoms with van der Waals surface area (Å²) in [6.45, 7) is 10.4. The van der Waals surface area contributed by atoms with E-state index in [0.29, 0.717) is 32.0 Å². The predicted octanol–water partition coefficient (Wildman–Crippen LogP) is 6.38. The molecule has 3 aromatic rings. The molecule has 0 radical (unpaired) electrons. The number of hydrogen-bond acceptors (Lipinski definition) is 5. The van der Waals surface area contributed by atoms with Crippen LogP contribution in [0.5, 0.6) is 5.75 Å². The Morgan fingerprint density at radius 2 is 1.84 bits per heavy atom. The lowest BCUT2D eigenvalue weighted by Gasteiger charge is -2.35. The molecular weight excluding hydrogens is 574 g/mol. The number of aryl methyl sites for hydroxylation is 1. The van der Waals surface area contributed by atoms with E-state index in [1.807, 2.05) is 43.7 Å². The summed E-state index contributed by atoms with van der Waals surface area (Å²) in [7, 11) is 0. The van der Waals surface area contributed by atoms with Crippen molar-refractivity contribution in [3.8, 4) is 5.75 Å². The fourth-order valence-corrected chi connectivity index (χ4v) is 7.40. The lowest BCUT2D eigenvalue weighted by Crippen LogP contribution is -2.45. The van der Waals surface area contributed by atoms with Crippen molar-refractivity contribution in [3.63, 3.8) is 0 Å². The number of piperidine rings is 1. The molecule has 1 N–H and O–H groups in total. The molecule has 9 heteroatoms. The van der Waals surface area contributed by atoms with Gasteiger partial charge in [-0.2, -0.15) is 5.10 Å². The normalized spacial score (nSPS) is 21.2. The minimum Gasteiger partial charge on any atom is -0.494 e. The Bertz CT molecular complexity index is 1390. The summed E-state index contributed by atoms with van der Waals surface area (Å²) in [4.78, 5) is 16.9. The highest BCUT2D eigenvalue weighted by atomic mass is 19.1. The molecule has 0 spiro atoms. The quantitative estimate of drug-likeness (QED) is 0.225. The fraction of sp³-hybridized carbons (Fsp3) is 0.556. The number of likely N-dealkylation sites (tertiary alicyclic amines) is 2. The Morgan fingerprint density at radius 3 is 2.49 bits per heavy atom. The molecule has 0 saturated carbocycles. The summed E-state index contributed by atoms with van der Waals surface area (Å²) in [5.74, 6) is 0.410. The molecule has 2 aliphatic rings. The van der Waals surface area contributed by atoms with E-state index in [-0.39, 0.29) is 30.1 Å². The fourth-order valence-electron chi connectivity index (χ4n) is 7.40. The van der Waals surface area contributed by atoms with Gasteiger partial charge in [0.2, 0.25) is 0 Å². The van der Waals surface area contributed by atoms with Crippen molar-refractivity contribution in [1.29, 1.82) is 0 Å². The number of carboxylic acids is 1. The number of carboxylic acid groups (broad SMARTS) is 1. The van der Waals surface area contributed by atoms with Gasteiger partial charge in [-0.25, -0.2) is 8.78 Å². The lowest BCUT2D eigenvalue weighted by molar-refractivity contribution is -0.145. The number of carbonyl (C=O) groups is 1. The van der Waals surface area contributed by atoms with Crippen molar-refractivity contribution in [2.75, 3.05) is 46.0 Å². The Hall–Kier alpha value is -3.30. The van der Waals surface area contributed by atoms with Gasteiger partial charge in [-0.15, -0.1) is 0 Å². The van der Waals surface area contributed by atoms with E-state index < -0.39 is 18.7 Å². The SMILES string of the molecule is CCOc1ccc(Cc2cc(C3CCN(C[C@H]4CN([C@@H](C(=O)O)[C@H](C)CC)C[C@@H]4c4cccc(F)c4)CC3)n(CCF)n2)cc1. The molecule has 2 saturated heterocycles. The number of aromatic nitrogens is 2. The molecular formula is C36H48F2N4O3. The maximum atomic E-state index is 14.3. The highest BCUT2D eigenvalue weighted by molar-refractivity contribution is 5.74. The van der Waals surface area contributed by atoms with Crippen LogP contribution in [0.3, 0.4) is 0 Å². The van der Waals surface area contributed by atoms with Gasteiger partial charge in [-0.1, -0.05) is 44.5 Å². The Labute approximate surface area is 266 Å². The van der Waals surface area contributed by atoms with Gasteiger partial charge in [0.15, 0.2) is 0 Å². The van der Waals surface area contributed by atoms with Crippen LogP contribution in [-0.2, 0) is 17.8 Å². The van der Waals surface area contributed by atoms with Gasteiger partial charge < -0.3 is 14.7 Å². The van der Waals surface area contributed by atoms with E-state index in [1.165, 1.54) is 6.07 Å². The van der Waals surface area contributed by atoms with E-state index in [0.717, 1.165) is 67.2 Å². The topological polar surface area (TPSA) is 70.8 Å². The second kappa shape index (κ2) is 15.3. The van der Waals surface area contributed by atoms with E-state index in [9.17, 15) is 18.7 Å².